The lowest BCUT2D eigenvalue weighted by Gasteiger charge is -2.31. The monoisotopic (exact) mass is 570 g/mol. The number of carbonyl (C=O) groups is 2. The SMILES string of the molecule is CC(C)C(=O)OCOP(=O)(OCOC(=O)C(C)C)OC[C@@]1(CF)O[C@H](n2ccc(=O)[nH]c2=O)C(C)(O)[C@@H]1O. The number of alkyl halides is 1. The van der Waals surface area contributed by atoms with E-state index in [9.17, 15) is 38.3 Å². The van der Waals surface area contributed by atoms with Crippen molar-refractivity contribution in [3.63, 3.8) is 0 Å². The van der Waals surface area contributed by atoms with Gasteiger partial charge >= 0.3 is 25.5 Å². The number of aliphatic hydroxyl groups excluding tert-OH is 1. The maximum Gasteiger partial charge on any atom is 0.480 e. The number of hydrogen-bond acceptors (Lipinski definition) is 13. The summed E-state index contributed by atoms with van der Waals surface area (Å²) in [6.45, 7) is 2.70. The van der Waals surface area contributed by atoms with Gasteiger partial charge in [0.15, 0.2) is 11.8 Å². The van der Waals surface area contributed by atoms with Crippen molar-refractivity contribution >= 4 is 19.8 Å². The van der Waals surface area contributed by atoms with E-state index in [2.05, 4.69) is 0 Å². The fourth-order valence-electron chi connectivity index (χ4n) is 3.21. The van der Waals surface area contributed by atoms with Crippen molar-refractivity contribution in [1.82, 2.24) is 9.55 Å². The van der Waals surface area contributed by atoms with E-state index in [4.69, 9.17) is 27.8 Å². The van der Waals surface area contributed by atoms with Crippen LogP contribution >= 0.6 is 7.82 Å². The van der Waals surface area contributed by atoms with Gasteiger partial charge in [0, 0.05) is 12.3 Å². The van der Waals surface area contributed by atoms with Crippen LogP contribution in [0.5, 0.6) is 0 Å². The van der Waals surface area contributed by atoms with Crippen molar-refractivity contribution in [2.75, 3.05) is 26.9 Å². The average molecular weight is 570 g/mol. The van der Waals surface area contributed by atoms with Crippen molar-refractivity contribution in [2.45, 2.75) is 58.2 Å². The lowest BCUT2D eigenvalue weighted by molar-refractivity contribution is -0.160. The second-order valence-electron chi connectivity index (χ2n) is 9.27. The largest absolute Gasteiger partial charge is 0.480 e. The maximum atomic E-state index is 14.3. The van der Waals surface area contributed by atoms with Crippen molar-refractivity contribution in [3.05, 3.63) is 33.1 Å². The summed E-state index contributed by atoms with van der Waals surface area (Å²) in [7, 11) is -4.79. The van der Waals surface area contributed by atoms with E-state index in [-0.39, 0.29) is 0 Å². The second kappa shape index (κ2) is 12.6. The van der Waals surface area contributed by atoms with Gasteiger partial charge in [0.25, 0.3) is 5.56 Å². The molecule has 1 aliphatic heterocycles. The first-order chi connectivity index (χ1) is 17.6. The molecule has 38 heavy (non-hydrogen) atoms. The van der Waals surface area contributed by atoms with Crippen LogP contribution in [0.15, 0.2) is 21.9 Å². The van der Waals surface area contributed by atoms with Gasteiger partial charge in [-0.05, 0) is 6.92 Å². The molecule has 0 aliphatic carbocycles. The third-order valence-electron chi connectivity index (χ3n) is 5.46. The van der Waals surface area contributed by atoms with Gasteiger partial charge < -0.3 is 24.4 Å². The van der Waals surface area contributed by atoms with Gasteiger partial charge in [-0.3, -0.25) is 28.5 Å². The Morgan fingerprint density at radius 3 is 2.11 bits per heavy atom. The molecule has 0 radical (unpaired) electrons. The third kappa shape index (κ3) is 7.34. The predicted octanol–water partition coefficient (Wildman–Crippen LogP) is 0.357. The molecule has 0 bridgehead atoms. The molecule has 0 spiro atoms. The number of aromatic nitrogens is 2. The van der Waals surface area contributed by atoms with E-state index in [0.717, 1.165) is 19.2 Å². The molecule has 1 aromatic rings. The molecule has 4 atom stereocenters. The average Bonchev–Trinajstić information content (AvgIpc) is 3.03. The van der Waals surface area contributed by atoms with Crippen LogP contribution in [0.2, 0.25) is 0 Å². The number of nitrogens with one attached hydrogen (secondary N) is 1. The molecule has 2 heterocycles. The van der Waals surface area contributed by atoms with Crippen LogP contribution in [0.1, 0.15) is 40.8 Å². The molecule has 3 N–H and O–H groups in total. The predicted molar refractivity (Wildman–Crippen MR) is 124 cm³/mol. The number of aromatic amines is 1. The van der Waals surface area contributed by atoms with Crippen LogP contribution in [-0.2, 0) is 41.9 Å². The first-order valence-corrected chi connectivity index (χ1v) is 12.9. The summed E-state index contributed by atoms with van der Waals surface area (Å²) in [5, 5.41) is 21.6. The molecule has 1 aromatic heterocycles. The minimum atomic E-state index is -4.79. The van der Waals surface area contributed by atoms with Crippen molar-refractivity contribution in [1.29, 1.82) is 0 Å². The highest BCUT2D eigenvalue weighted by molar-refractivity contribution is 7.48. The molecule has 15 nitrogen and oxygen atoms in total. The quantitative estimate of drug-likeness (QED) is 0.167. The normalized spacial score (nSPS) is 25.6. The van der Waals surface area contributed by atoms with Crippen LogP contribution in [0, 0.1) is 11.8 Å². The highest BCUT2D eigenvalue weighted by Gasteiger charge is 2.63. The summed E-state index contributed by atoms with van der Waals surface area (Å²) in [5.41, 5.74) is -6.52. The molecule has 0 aromatic carbocycles. The molecule has 1 fully saturated rings. The van der Waals surface area contributed by atoms with Gasteiger partial charge in [-0.15, -0.1) is 0 Å². The van der Waals surface area contributed by atoms with Crippen LogP contribution in [0.4, 0.5) is 4.39 Å². The molecular weight excluding hydrogens is 538 g/mol. The number of carbonyl (C=O) groups excluding carboxylic acids is 2. The lowest BCUT2D eigenvalue weighted by atomic mass is 9.88. The van der Waals surface area contributed by atoms with E-state index in [1.165, 1.54) is 27.7 Å². The van der Waals surface area contributed by atoms with Gasteiger partial charge in [-0.25, -0.2) is 22.8 Å². The van der Waals surface area contributed by atoms with E-state index in [0.29, 0.717) is 4.57 Å². The molecule has 1 aliphatic rings. The number of phosphoric ester groups is 1. The lowest BCUT2D eigenvalue weighted by Crippen LogP contribution is -2.53. The topological polar surface area (TPSA) is 202 Å². The molecule has 1 saturated heterocycles. The number of hydrogen-bond donors (Lipinski definition) is 3. The zero-order valence-electron chi connectivity index (χ0n) is 21.5. The van der Waals surface area contributed by atoms with Crippen LogP contribution < -0.4 is 11.2 Å². The number of H-pyrrole nitrogens is 1. The van der Waals surface area contributed by atoms with Crippen molar-refractivity contribution < 1.29 is 56.5 Å². The first kappa shape index (κ1) is 31.8. The Morgan fingerprint density at radius 2 is 1.66 bits per heavy atom. The summed E-state index contributed by atoms with van der Waals surface area (Å²) in [4.78, 5) is 48.9. The van der Waals surface area contributed by atoms with E-state index in [1.54, 1.807) is 0 Å². The maximum absolute atomic E-state index is 14.3. The summed E-state index contributed by atoms with van der Waals surface area (Å²) < 4.78 is 58.3. The van der Waals surface area contributed by atoms with E-state index >= 15 is 0 Å². The van der Waals surface area contributed by atoms with Crippen molar-refractivity contribution in [3.8, 4) is 0 Å². The molecule has 0 saturated carbocycles. The van der Waals surface area contributed by atoms with Crippen LogP contribution in [0.25, 0.3) is 0 Å². The van der Waals surface area contributed by atoms with Crippen molar-refractivity contribution in [2.24, 2.45) is 11.8 Å². The van der Waals surface area contributed by atoms with Gasteiger partial charge in [-0.2, -0.15) is 0 Å². The highest BCUT2D eigenvalue weighted by atomic mass is 31.2. The van der Waals surface area contributed by atoms with Gasteiger partial charge in [0.2, 0.25) is 13.6 Å². The van der Waals surface area contributed by atoms with Gasteiger partial charge in [0.1, 0.15) is 18.4 Å². The number of esters is 2. The van der Waals surface area contributed by atoms with Crippen LogP contribution in [0.3, 0.4) is 0 Å². The molecule has 0 amide bonds. The smallest absolute Gasteiger partial charge is 0.438 e. The summed E-state index contributed by atoms with van der Waals surface area (Å²) in [6, 6.07) is 0.936. The molecular formula is C21H32FN2O13P. The van der Waals surface area contributed by atoms with E-state index < -0.39 is 93.2 Å². The Hall–Kier alpha value is -2.46. The molecule has 17 heteroatoms. The Labute approximate surface area is 216 Å². The standard InChI is InChI=1S/C21H32FN2O13P/c1-12(2)15(26)32-10-35-38(31,36-11-33-16(27)13(3)4)34-9-21(8-22)17(28)20(5,30)18(37-21)24-7-6-14(25)23-19(24)29/h6-7,12-13,17-18,28,30H,8-11H2,1-5H3,(H,23,25,29)/t17-,18-,20?,21+/m0/s1. The highest BCUT2D eigenvalue weighted by Crippen LogP contribution is 2.52. The molecule has 2 rings (SSSR count). The fraction of sp³-hybridized carbons (Fsp3) is 0.714. The summed E-state index contributed by atoms with van der Waals surface area (Å²) in [6.07, 6.45) is -2.83. The Bertz CT molecular complexity index is 1120. The zero-order valence-corrected chi connectivity index (χ0v) is 22.3. The third-order valence-corrected chi connectivity index (χ3v) is 6.75. The van der Waals surface area contributed by atoms with Gasteiger partial charge in [0.05, 0.1) is 18.4 Å². The summed E-state index contributed by atoms with van der Waals surface area (Å²) in [5.74, 6) is -2.55. The Morgan fingerprint density at radius 1 is 1.13 bits per heavy atom. The zero-order chi connectivity index (χ0) is 28.9. The Kier molecular flexibility index (Phi) is 10.5. The van der Waals surface area contributed by atoms with Gasteiger partial charge in [-0.1, -0.05) is 27.7 Å². The Balaban J connectivity index is 2.26. The number of nitrogens with zero attached hydrogens (tertiary/aromatic N) is 1. The molecule has 216 valence electrons. The minimum Gasteiger partial charge on any atom is -0.438 e. The van der Waals surface area contributed by atoms with E-state index in [1.807, 2.05) is 4.98 Å². The number of rotatable bonds is 13. The summed E-state index contributed by atoms with van der Waals surface area (Å²) >= 11 is 0. The second-order valence-corrected chi connectivity index (χ2v) is 10.9. The minimum absolute atomic E-state index is 0.556. The van der Waals surface area contributed by atoms with Crippen LogP contribution in [-0.4, -0.2) is 75.9 Å². The fourth-order valence-corrected chi connectivity index (χ4v) is 4.18. The number of halogens is 1. The first-order valence-electron chi connectivity index (χ1n) is 11.4. The molecule has 1 unspecified atom stereocenters. The number of aliphatic hydroxyl groups is 2. The number of phosphoric acid groups is 1. The number of ether oxygens (including phenoxy) is 3.